The summed E-state index contributed by atoms with van der Waals surface area (Å²) in [5.74, 6) is 0.163. The maximum absolute atomic E-state index is 12.4. The predicted octanol–water partition coefficient (Wildman–Crippen LogP) is 2.26. The van der Waals surface area contributed by atoms with Crippen LogP contribution in [-0.2, 0) is 16.0 Å². The average molecular weight is 305 g/mol. The second-order valence-electron chi connectivity index (χ2n) is 6.90. The average Bonchev–Trinajstić information content (AvgIpc) is 2.49. The van der Waals surface area contributed by atoms with Crippen LogP contribution in [0.4, 0.5) is 0 Å². The zero-order valence-corrected chi connectivity index (χ0v) is 13.8. The fourth-order valence-electron chi connectivity index (χ4n) is 3.13. The number of amides is 1. The number of benzene rings is 1. The van der Waals surface area contributed by atoms with Crippen molar-refractivity contribution < 1.29 is 14.6 Å². The van der Waals surface area contributed by atoms with Crippen LogP contribution in [0.25, 0.3) is 0 Å². The fraction of sp³-hybridized carbons (Fsp3) is 0.611. The molecule has 1 aromatic carbocycles. The molecular weight excluding hydrogens is 278 g/mol. The molecule has 0 radical (unpaired) electrons. The molecule has 1 atom stereocenters. The third kappa shape index (κ3) is 3.68. The van der Waals surface area contributed by atoms with Crippen LogP contribution < -0.4 is 0 Å². The number of rotatable bonds is 5. The lowest BCUT2D eigenvalue weighted by Crippen LogP contribution is -2.60. The minimum Gasteiger partial charge on any atom is -0.387 e. The Morgan fingerprint density at radius 1 is 1.32 bits per heavy atom. The first-order valence-electron chi connectivity index (χ1n) is 7.91. The molecule has 1 saturated heterocycles. The van der Waals surface area contributed by atoms with Gasteiger partial charge < -0.3 is 14.7 Å². The number of nitrogens with zero attached hydrogens (tertiary/aromatic N) is 1. The van der Waals surface area contributed by atoms with E-state index >= 15 is 0 Å². The summed E-state index contributed by atoms with van der Waals surface area (Å²) in [4.78, 5) is 14.3. The summed E-state index contributed by atoms with van der Waals surface area (Å²) in [6.45, 7) is 5.48. The van der Waals surface area contributed by atoms with Gasteiger partial charge in [-0.15, -0.1) is 0 Å². The molecule has 1 aromatic rings. The van der Waals surface area contributed by atoms with E-state index in [1.807, 2.05) is 49.1 Å². The van der Waals surface area contributed by atoms with Crippen LogP contribution in [0.1, 0.15) is 32.3 Å². The van der Waals surface area contributed by atoms with Crippen molar-refractivity contribution in [2.75, 3.05) is 26.8 Å². The van der Waals surface area contributed by atoms with Crippen molar-refractivity contribution in [2.45, 2.75) is 38.7 Å². The van der Waals surface area contributed by atoms with Crippen LogP contribution in [0.3, 0.4) is 0 Å². The van der Waals surface area contributed by atoms with Gasteiger partial charge in [0.05, 0.1) is 12.2 Å². The summed E-state index contributed by atoms with van der Waals surface area (Å²) >= 11 is 0. The van der Waals surface area contributed by atoms with Gasteiger partial charge in [0.2, 0.25) is 5.91 Å². The number of aryl methyl sites for hydroxylation is 1. The molecule has 1 aliphatic rings. The Morgan fingerprint density at radius 2 is 2.00 bits per heavy atom. The Kier molecular flexibility index (Phi) is 5.24. The number of carbonyl (C=O) groups excluding carboxylic acids is 1. The smallest absolute Gasteiger partial charge is 0.222 e. The number of methoxy groups -OCH3 is 1. The highest BCUT2D eigenvalue weighted by atomic mass is 16.5. The van der Waals surface area contributed by atoms with Crippen molar-refractivity contribution in [3.05, 3.63) is 35.9 Å². The van der Waals surface area contributed by atoms with Gasteiger partial charge >= 0.3 is 0 Å². The first kappa shape index (κ1) is 17.0. The Hall–Kier alpha value is -1.39. The molecule has 122 valence electrons. The first-order valence-corrected chi connectivity index (χ1v) is 7.91. The molecule has 2 rings (SSSR count). The number of piperidine rings is 1. The van der Waals surface area contributed by atoms with E-state index in [4.69, 9.17) is 4.74 Å². The van der Waals surface area contributed by atoms with Gasteiger partial charge in [0.25, 0.3) is 0 Å². The third-order valence-electron chi connectivity index (χ3n) is 4.85. The van der Waals surface area contributed by atoms with E-state index < -0.39 is 5.60 Å². The van der Waals surface area contributed by atoms with Crippen LogP contribution >= 0.6 is 0 Å². The number of carbonyl (C=O) groups is 1. The highest BCUT2D eigenvalue weighted by Gasteiger charge is 2.48. The Labute approximate surface area is 133 Å². The quantitative estimate of drug-likeness (QED) is 0.908. The van der Waals surface area contributed by atoms with Crippen LogP contribution in [0.15, 0.2) is 30.3 Å². The molecule has 0 spiro atoms. The van der Waals surface area contributed by atoms with E-state index in [1.165, 1.54) is 5.56 Å². The Balaban J connectivity index is 1.93. The van der Waals surface area contributed by atoms with E-state index in [1.54, 1.807) is 7.11 Å². The number of aliphatic hydroxyl groups is 1. The van der Waals surface area contributed by atoms with E-state index in [-0.39, 0.29) is 11.3 Å². The van der Waals surface area contributed by atoms with Gasteiger partial charge in [0, 0.05) is 32.0 Å². The van der Waals surface area contributed by atoms with Gasteiger partial charge in [-0.25, -0.2) is 0 Å². The van der Waals surface area contributed by atoms with Crippen molar-refractivity contribution in [1.29, 1.82) is 0 Å². The number of ether oxygens (including phenoxy) is 1. The van der Waals surface area contributed by atoms with Crippen molar-refractivity contribution in [2.24, 2.45) is 5.41 Å². The van der Waals surface area contributed by atoms with Crippen LogP contribution in [0, 0.1) is 5.41 Å². The van der Waals surface area contributed by atoms with Gasteiger partial charge in [0.1, 0.15) is 0 Å². The molecule has 1 amide bonds. The third-order valence-corrected chi connectivity index (χ3v) is 4.85. The minimum atomic E-state index is -0.863. The lowest BCUT2D eigenvalue weighted by molar-refractivity contribution is -0.163. The highest BCUT2D eigenvalue weighted by Crippen LogP contribution is 2.39. The second-order valence-corrected chi connectivity index (χ2v) is 6.90. The maximum atomic E-state index is 12.4. The molecule has 0 unspecified atom stereocenters. The van der Waals surface area contributed by atoms with Gasteiger partial charge in [0.15, 0.2) is 0 Å². The summed E-state index contributed by atoms with van der Waals surface area (Å²) in [6, 6.07) is 10.1. The standard InChI is InChI=1S/C18H27NO3/c1-17(2)13-19(12-11-18(17,21)14-22-3)16(20)10-9-15-7-5-4-6-8-15/h4-8,21H,9-14H2,1-3H3/t18-/m1/s1. The zero-order chi connectivity index (χ0) is 16.2. The Bertz CT molecular complexity index is 500. The van der Waals surface area contributed by atoms with E-state index in [9.17, 15) is 9.90 Å². The zero-order valence-electron chi connectivity index (χ0n) is 13.8. The van der Waals surface area contributed by atoms with Crippen molar-refractivity contribution in [3.63, 3.8) is 0 Å². The van der Waals surface area contributed by atoms with Crippen LogP contribution in [-0.4, -0.2) is 48.3 Å². The lowest BCUT2D eigenvalue weighted by Gasteiger charge is -2.50. The molecule has 0 aliphatic carbocycles. The first-order chi connectivity index (χ1) is 10.4. The van der Waals surface area contributed by atoms with E-state index in [2.05, 4.69) is 0 Å². The fourth-order valence-corrected chi connectivity index (χ4v) is 3.13. The summed E-state index contributed by atoms with van der Waals surface area (Å²) in [6.07, 6.45) is 1.84. The molecular formula is C18H27NO3. The molecule has 1 N–H and O–H groups in total. The lowest BCUT2D eigenvalue weighted by atomic mass is 9.70. The molecule has 1 aliphatic heterocycles. The van der Waals surface area contributed by atoms with E-state index in [0.29, 0.717) is 32.5 Å². The number of hydrogen-bond acceptors (Lipinski definition) is 3. The van der Waals surface area contributed by atoms with Gasteiger partial charge in [-0.05, 0) is 18.4 Å². The van der Waals surface area contributed by atoms with E-state index in [0.717, 1.165) is 6.42 Å². The Morgan fingerprint density at radius 3 is 2.59 bits per heavy atom. The van der Waals surface area contributed by atoms with Gasteiger partial charge in [-0.1, -0.05) is 44.2 Å². The summed E-state index contributed by atoms with van der Waals surface area (Å²) in [5, 5.41) is 10.7. The van der Waals surface area contributed by atoms with Gasteiger partial charge in [-0.2, -0.15) is 0 Å². The maximum Gasteiger partial charge on any atom is 0.222 e. The normalized spacial score (nSPS) is 24.3. The predicted molar refractivity (Wildman–Crippen MR) is 86.6 cm³/mol. The summed E-state index contributed by atoms with van der Waals surface area (Å²) in [7, 11) is 1.60. The number of hydrogen-bond donors (Lipinski definition) is 1. The molecule has 22 heavy (non-hydrogen) atoms. The molecule has 4 heteroatoms. The molecule has 0 bridgehead atoms. The summed E-state index contributed by atoms with van der Waals surface area (Å²) < 4.78 is 5.17. The summed E-state index contributed by atoms with van der Waals surface area (Å²) in [5.41, 5.74) is -0.0512. The van der Waals surface area contributed by atoms with Crippen LogP contribution in [0.2, 0.25) is 0 Å². The van der Waals surface area contributed by atoms with Crippen molar-refractivity contribution in [3.8, 4) is 0 Å². The van der Waals surface area contributed by atoms with Gasteiger partial charge in [-0.3, -0.25) is 4.79 Å². The molecule has 1 fully saturated rings. The van der Waals surface area contributed by atoms with Crippen molar-refractivity contribution in [1.82, 2.24) is 4.90 Å². The SMILES string of the molecule is COC[C@]1(O)CCN(C(=O)CCc2ccccc2)CC1(C)C. The monoisotopic (exact) mass is 305 g/mol. The molecule has 0 aromatic heterocycles. The van der Waals surface area contributed by atoms with Crippen molar-refractivity contribution >= 4 is 5.91 Å². The molecule has 1 heterocycles. The second kappa shape index (κ2) is 6.80. The highest BCUT2D eigenvalue weighted by molar-refractivity contribution is 5.76. The molecule has 0 saturated carbocycles. The minimum absolute atomic E-state index is 0.163. The topological polar surface area (TPSA) is 49.8 Å². The van der Waals surface area contributed by atoms with Crippen LogP contribution in [0.5, 0.6) is 0 Å². The number of likely N-dealkylation sites (tertiary alicyclic amines) is 1. The molecule has 4 nitrogen and oxygen atoms in total. The largest absolute Gasteiger partial charge is 0.387 e.